The van der Waals surface area contributed by atoms with Crippen molar-refractivity contribution in [1.82, 2.24) is 0 Å². The predicted octanol–water partition coefficient (Wildman–Crippen LogP) is 3.72. The monoisotopic (exact) mass is 138 g/mol. The standard InChI is InChI=1S/C7H12.C3H6/c1-3-5-7-6-4-2;1-3-2/h3-4,6H,1,5,7H2,2H3;3H,1H2,2H3. The summed E-state index contributed by atoms with van der Waals surface area (Å²) in [6.45, 7) is 10.9. The fraction of sp³-hybridized carbons (Fsp3) is 0.400. The second-order valence-corrected chi connectivity index (χ2v) is 1.84. The molecule has 0 spiro atoms. The summed E-state index contributed by atoms with van der Waals surface area (Å²) in [5.41, 5.74) is 0. The Morgan fingerprint density at radius 1 is 1.10 bits per heavy atom. The second-order valence-electron chi connectivity index (χ2n) is 1.84. The zero-order valence-electron chi connectivity index (χ0n) is 7.14. The smallest absolute Gasteiger partial charge is 0.0316 e. The summed E-state index contributed by atoms with van der Waals surface area (Å²) >= 11 is 0. The minimum atomic E-state index is 1.10. The van der Waals surface area contributed by atoms with Gasteiger partial charge in [-0.15, -0.1) is 13.2 Å². The van der Waals surface area contributed by atoms with E-state index in [-0.39, 0.29) is 0 Å². The first-order chi connectivity index (χ1) is 4.83. The molecule has 0 aliphatic heterocycles. The second kappa shape index (κ2) is 15.7. The Labute approximate surface area is 65.0 Å². The average molecular weight is 138 g/mol. The molecule has 0 N–H and O–H groups in total. The van der Waals surface area contributed by atoms with Crippen LogP contribution in [0.5, 0.6) is 0 Å². The quantitative estimate of drug-likeness (QED) is 0.412. The minimum absolute atomic E-state index is 1.10. The van der Waals surface area contributed by atoms with Gasteiger partial charge in [-0.1, -0.05) is 24.3 Å². The van der Waals surface area contributed by atoms with E-state index >= 15 is 0 Å². The van der Waals surface area contributed by atoms with Gasteiger partial charge in [0.1, 0.15) is 0 Å². The largest absolute Gasteiger partial charge is 0.103 e. The highest BCUT2D eigenvalue weighted by Gasteiger charge is 1.68. The van der Waals surface area contributed by atoms with Gasteiger partial charge < -0.3 is 0 Å². The van der Waals surface area contributed by atoms with Crippen LogP contribution in [-0.2, 0) is 0 Å². The van der Waals surface area contributed by atoms with Gasteiger partial charge in [-0.3, -0.25) is 0 Å². The van der Waals surface area contributed by atoms with Crippen LogP contribution in [0.1, 0.15) is 26.7 Å². The number of allylic oxidation sites excluding steroid dienone is 4. The number of rotatable bonds is 3. The summed E-state index contributed by atoms with van der Waals surface area (Å²) in [5.74, 6) is 0. The van der Waals surface area contributed by atoms with Crippen LogP contribution >= 0.6 is 0 Å². The van der Waals surface area contributed by atoms with E-state index < -0.39 is 0 Å². The van der Waals surface area contributed by atoms with Crippen molar-refractivity contribution in [3.63, 3.8) is 0 Å². The average Bonchev–Trinajstić information content (AvgIpc) is 1.91. The van der Waals surface area contributed by atoms with E-state index in [1.165, 1.54) is 0 Å². The Morgan fingerprint density at radius 2 is 1.60 bits per heavy atom. The fourth-order valence-corrected chi connectivity index (χ4v) is 0.381. The Bertz CT molecular complexity index is 88.2. The SMILES string of the molecule is C=CC.C=CCCC=CC. The molecule has 0 aromatic heterocycles. The van der Waals surface area contributed by atoms with Crippen molar-refractivity contribution in [2.75, 3.05) is 0 Å². The summed E-state index contributed by atoms with van der Waals surface area (Å²) in [7, 11) is 0. The van der Waals surface area contributed by atoms with Crippen LogP contribution in [0.25, 0.3) is 0 Å². The lowest BCUT2D eigenvalue weighted by molar-refractivity contribution is 1.05. The van der Waals surface area contributed by atoms with Gasteiger partial charge in [-0.05, 0) is 26.7 Å². The normalized spacial score (nSPS) is 8.20. The highest BCUT2D eigenvalue weighted by Crippen LogP contribution is 1.88. The van der Waals surface area contributed by atoms with Crippen molar-refractivity contribution >= 4 is 0 Å². The van der Waals surface area contributed by atoms with Crippen molar-refractivity contribution in [1.29, 1.82) is 0 Å². The predicted molar refractivity (Wildman–Crippen MR) is 50.1 cm³/mol. The molecule has 0 saturated heterocycles. The van der Waals surface area contributed by atoms with Crippen LogP contribution in [0, 0.1) is 0 Å². The van der Waals surface area contributed by atoms with Gasteiger partial charge in [-0.25, -0.2) is 0 Å². The van der Waals surface area contributed by atoms with Crippen LogP contribution in [0.2, 0.25) is 0 Å². The maximum atomic E-state index is 3.60. The van der Waals surface area contributed by atoms with Crippen molar-refractivity contribution in [3.05, 3.63) is 37.5 Å². The van der Waals surface area contributed by atoms with Gasteiger partial charge >= 0.3 is 0 Å². The molecule has 0 heteroatoms. The van der Waals surface area contributed by atoms with Crippen LogP contribution in [0.4, 0.5) is 0 Å². The molecule has 0 nitrogen and oxygen atoms in total. The molecular weight excluding hydrogens is 120 g/mol. The van der Waals surface area contributed by atoms with E-state index in [0.29, 0.717) is 0 Å². The third kappa shape index (κ3) is 26.9. The van der Waals surface area contributed by atoms with Crippen molar-refractivity contribution in [2.45, 2.75) is 26.7 Å². The first-order valence-corrected chi connectivity index (χ1v) is 3.62. The number of unbranched alkanes of at least 4 members (excludes halogenated alkanes) is 1. The molecule has 0 unspecified atom stereocenters. The minimum Gasteiger partial charge on any atom is -0.103 e. The highest BCUT2D eigenvalue weighted by atomic mass is 13.7. The first-order valence-electron chi connectivity index (χ1n) is 3.62. The van der Waals surface area contributed by atoms with E-state index in [9.17, 15) is 0 Å². The van der Waals surface area contributed by atoms with Crippen molar-refractivity contribution < 1.29 is 0 Å². The van der Waals surface area contributed by atoms with Crippen molar-refractivity contribution in [3.8, 4) is 0 Å². The van der Waals surface area contributed by atoms with E-state index in [0.717, 1.165) is 12.8 Å². The molecule has 0 aliphatic rings. The van der Waals surface area contributed by atoms with Gasteiger partial charge in [0, 0.05) is 0 Å². The topological polar surface area (TPSA) is 0 Å². The van der Waals surface area contributed by atoms with Gasteiger partial charge in [-0.2, -0.15) is 0 Å². The molecule has 10 heavy (non-hydrogen) atoms. The lowest BCUT2D eigenvalue weighted by Gasteiger charge is -1.79. The lowest BCUT2D eigenvalue weighted by Crippen LogP contribution is -1.58. The molecule has 0 aromatic carbocycles. The molecule has 58 valence electrons. The summed E-state index contributed by atoms with van der Waals surface area (Å²) in [6, 6.07) is 0. The summed E-state index contributed by atoms with van der Waals surface area (Å²) in [5, 5.41) is 0. The molecule has 0 aliphatic carbocycles. The van der Waals surface area contributed by atoms with Gasteiger partial charge in [0.05, 0.1) is 0 Å². The summed E-state index contributed by atoms with van der Waals surface area (Å²) in [4.78, 5) is 0. The lowest BCUT2D eigenvalue weighted by atomic mass is 10.3. The van der Waals surface area contributed by atoms with Gasteiger partial charge in [0.15, 0.2) is 0 Å². The highest BCUT2D eigenvalue weighted by molar-refractivity contribution is 4.80. The molecule has 0 fully saturated rings. The molecule has 0 aromatic rings. The Morgan fingerprint density at radius 3 is 1.90 bits per heavy atom. The zero-order valence-corrected chi connectivity index (χ0v) is 7.14. The maximum absolute atomic E-state index is 3.60. The van der Waals surface area contributed by atoms with Gasteiger partial charge in [0.25, 0.3) is 0 Å². The van der Waals surface area contributed by atoms with Crippen molar-refractivity contribution in [2.24, 2.45) is 0 Å². The van der Waals surface area contributed by atoms with Crippen LogP contribution in [0.3, 0.4) is 0 Å². The van der Waals surface area contributed by atoms with E-state index in [1.54, 1.807) is 6.08 Å². The Balaban J connectivity index is 0. The number of hydrogen-bond donors (Lipinski definition) is 0. The molecule has 0 bridgehead atoms. The molecular formula is C10H18. The molecule has 0 amide bonds. The van der Waals surface area contributed by atoms with Crippen LogP contribution in [-0.4, -0.2) is 0 Å². The Kier molecular flexibility index (Phi) is 18.8. The van der Waals surface area contributed by atoms with Crippen LogP contribution in [0.15, 0.2) is 37.5 Å². The van der Waals surface area contributed by atoms with E-state index in [2.05, 4.69) is 25.3 Å². The van der Waals surface area contributed by atoms with E-state index in [4.69, 9.17) is 0 Å². The maximum Gasteiger partial charge on any atom is -0.0316 e. The van der Waals surface area contributed by atoms with Crippen LogP contribution < -0.4 is 0 Å². The molecule has 0 saturated carbocycles. The molecule has 0 rings (SSSR count). The molecule has 0 heterocycles. The Hall–Kier alpha value is -0.780. The van der Waals surface area contributed by atoms with E-state index in [1.807, 2.05) is 19.9 Å². The summed E-state index contributed by atoms with van der Waals surface area (Å²) < 4.78 is 0. The summed E-state index contributed by atoms with van der Waals surface area (Å²) in [6.07, 6.45) is 10.1. The fourth-order valence-electron chi connectivity index (χ4n) is 0.381. The third-order valence-corrected chi connectivity index (χ3v) is 0.773. The third-order valence-electron chi connectivity index (χ3n) is 0.773. The zero-order chi connectivity index (χ0) is 8.24. The molecule has 0 radical (unpaired) electrons. The van der Waals surface area contributed by atoms with Gasteiger partial charge in [0.2, 0.25) is 0 Å². The first kappa shape index (κ1) is 12.0. The molecule has 0 atom stereocenters. The number of hydrogen-bond acceptors (Lipinski definition) is 0.